The number of cyclic esters (lactones) is 1. The number of fused-ring (bicyclic) bond motifs is 3. The quantitative estimate of drug-likeness (QED) is 0.261. The van der Waals surface area contributed by atoms with E-state index < -0.39 is 72.2 Å². The van der Waals surface area contributed by atoms with Crippen LogP contribution in [0.1, 0.15) is 38.4 Å². The number of esters is 1. The van der Waals surface area contributed by atoms with Gasteiger partial charge in [0.1, 0.15) is 35.9 Å². The highest BCUT2D eigenvalue weighted by molar-refractivity contribution is 5.99. The molecule has 4 aliphatic rings. The molecule has 14 nitrogen and oxygen atoms in total. The zero-order chi connectivity index (χ0) is 36.6. The Bertz CT molecular complexity index is 1880. The van der Waals surface area contributed by atoms with Crippen LogP contribution in [0.25, 0.3) is 11.0 Å². The number of aromatic nitrogens is 3. The van der Waals surface area contributed by atoms with E-state index in [1.807, 2.05) is 56.3 Å². The maximum absolute atomic E-state index is 14.9. The molecule has 5 heterocycles. The van der Waals surface area contributed by atoms with Gasteiger partial charge in [0.2, 0.25) is 11.8 Å². The molecule has 7 rings (SSSR count). The minimum Gasteiger partial charge on any atom is -0.455 e. The molecule has 0 aliphatic carbocycles. The first kappa shape index (κ1) is 35.5. The van der Waals surface area contributed by atoms with Gasteiger partial charge in [-0.2, -0.15) is 0 Å². The Morgan fingerprint density at radius 2 is 1.81 bits per heavy atom. The Morgan fingerprint density at radius 1 is 1.04 bits per heavy atom. The van der Waals surface area contributed by atoms with E-state index in [0.29, 0.717) is 17.5 Å². The smallest absolute Gasteiger partial charge is 0.313 e. The standard InChI is InChI=1S/C38H44N6O8/c1-23(2)28(20-45)44-34-36(48)42(22-43-27-15-8-7-14-25(27)40-41-43)19-11-18-38(34)32(35(44)47)31-29(52-38)16-9-10-17-30(46)39-26(21-50-3)33(51-37(31)49)24-12-5-4-6-13-24/h4-9,11-16,18,23,26,28-29,31-34,45H,10,17,19-22H2,1-3H3,(H,39,46)/b16-9-/t26-,28-,29-,31+,32+,33-,34-,38+/m0/s1. The summed E-state index contributed by atoms with van der Waals surface area (Å²) in [5, 5.41) is 22.2. The zero-order valence-corrected chi connectivity index (χ0v) is 29.4. The molecule has 2 fully saturated rings. The van der Waals surface area contributed by atoms with Crippen LogP contribution in [-0.4, -0.2) is 110 Å². The van der Waals surface area contributed by atoms with Crippen molar-refractivity contribution in [1.82, 2.24) is 30.1 Å². The maximum Gasteiger partial charge on any atom is 0.313 e. The van der Waals surface area contributed by atoms with Crippen molar-refractivity contribution in [3.8, 4) is 0 Å². The summed E-state index contributed by atoms with van der Waals surface area (Å²) < 4.78 is 20.3. The Hall–Kier alpha value is -4.92. The average Bonchev–Trinajstić information content (AvgIpc) is 3.73. The van der Waals surface area contributed by atoms with Gasteiger partial charge in [-0.15, -0.1) is 5.10 Å². The average molecular weight is 713 g/mol. The number of rotatable bonds is 8. The van der Waals surface area contributed by atoms with Gasteiger partial charge in [-0.05, 0) is 30.0 Å². The highest BCUT2D eigenvalue weighted by atomic mass is 16.6. The number of nitrogens with one attached hydrogen (secondary N) is 1. The zero-order valence-electron chi connectivity index (χ0n) is 29.4. The second-order valence-electron chi connectivity index (χ2n) is 14.1. The molecule has 2 N–H and O–H groups in total. The van der Waals surface area contributed by atoms with Gasteiger partial charge in [-0.3, -0.25) is 19.2 Å². The summed E-state index contributed by atoms with van der Waals surface area (Å²) in [5.74, 6) is -4.40. The summed E-state index contributed by atoms with van der Waals surface area (Å²) >= 11 is 0. The lowest BCUT2D eigenvalue weighted by molar-refractivity contribution is -0.163. The largest absolute Gasteiger partial charge is 0.455 e. The third kappa shape index (κ3) is 6.18. The number of allylic oxidation sites excluding steroid dienone is 1. The van der Waals surface area contributed by atoms with Gasteiger partial charge in [0.25, 0.3) is 5.91 Å². The number of aliphatic hydroxyl groups excluding tert-OH is 1. The SMILES string of the molecule is COC[C@@H]1NC(=O)CC/C=C\[C@@H]2O[C@@]34C=CCN(Cn5nnc6ccccc65)C(=O)[C@@H]3N([C@@H](CO)C(C)C)C(=O)[C@H]4[C@@H]2C(=O)O[C@H]1c1ccccc1. The number of carbonyl (C=O) groups is 4. The van der Waals surface area contributed by atoms with E-state index in [4.69, 9.17) is 14.2 Å². The predicted molar refractivity (Wildman–Crippen MR) is 187 cm³/mol. The second kappa shape index (κ2) is 14.6. The molecule has 3 amide bonds. The Balaban J connectivity index is 1.31. The van der Waals surface area contributed by atoms with Crippen LogP contribution in [0.3, 0.4) is 0 Å². The van der Waals surface area contributed by atoms with Crippen LogP contribution in [0, 0.1) is 17.8 Å². The van der Waals surface area contributed by atoms with Gasteiger partial charge < -0.3 is 34.4 Å². The molecule has 0 saturated carbocycles. The van der Waals surface area contributed by atoms with Crippen molar-refractivity contribution in [2.24, 2.45) is 17.8 Å². The van der Waals surface area contributed by atoms with E-state index in [9.17, 15) is 24.3 Å². The summed E-state index contributed by atoms with van der Waals surface area (Å²) in [4.78, 5) is 60.6. The van der Waals surface area contributed by atoms with Crippen molar-refractivity contribution in [3.63, 3.8) is 0 Å². The molecule has 274 valence electrons. The molecule has 8 atom stereocenters. The van der Waals surface area contributed by atoms with Crippen LogP contribution < -0.4 is 5.32 Å². The summed E-state index contributed by atoms with van der Waals surface area (Å²) in [5.41, 5.74) is 0.471. The number of likely N-dealkylation sites (tertiary alicyclic amines) is 1. The lowest BCUT2D eigenvalue weighted by Crippen LogP contribution is -2.59. The van der Waals surface area contributed by atoms with E-state index in [1.54, 1.807) is 46.0 Å². The molecule has 2 aromatic carbocycles. The van der Waals surface area contributed by atoms with E-state index in [2.05, 4.69) is 15.6 Å². The molecule has 0 bridgehead atoms. The lowest BCUT2D eigenvalue weighted by atomic mass is 9.77. The fourth-order valence-electron chi connectivity index (χ4n) is 8.16. The van der Waals surface area contributed by atoms with Gasteiger partial charge in [0.15, 0.2) is 0 Å². The third-order valence-electron chi connectivity index (χ3n) is 10.6. The van der Waals surface area contributed by atoms with Crippen molar-refractivity contribution in [2.75, 3.05) is 26.9 Å². The Kier molecular flexibility index (Phi) is 9.96. The van der Waals surface area contributed by atoms with Crippen molar-refractivity contribution in [2.45, 2.75) is 69.3 Å². The van der Waals surface area contributed by atoms with Crippen LogP contribution in [0.5, 0.6) is 0 Å². The molecular formula is C38H44N6O8. The summed E-state index contributed by atoms with van der Waals surface area (Å²) in [6.07, 6.45) is 5.57. The molecule has 14 heteroatoms. The van der Waals surface area contributed by atoms with Crippen LogP contribution in [0.4, 0.5) is 0 Å². The highest BCUT2D eigenvalue weighted by Crippen LogP contribution is 2.54. The first-order valence-corrected chi connectivity index (χ1v) is 17.7. The van der Waals surface area contributed by atoms with Crippen LogP contribution in [-0.2, 0) is 40.1 Å². The molecule has 4 aliphatic heterocycles. The molecule has 0 radical (unpaired) electrons. The highest BCUT2D eigenvalue weighted by Gasteiger charge is 2.72. The van der Waals surface area contributed by atoms with Crippen molar-refractivity contribution in [3.05, 3.63) is 84.5 Å². The number of hydrogen-bond acceptors (Lipinski definition) is 10. The van der Waals surface area contributed by atoms with Crippen LogP contribution in [0.15, 0.2) is 78.9 Å². The minimum atomic E-state index is -1.57. The molecule has 3 aromatic rings. The number of aliphatic hydroxyl groups is 1. The first-order valence-electron chi connectivity index (χ1n) is 17.7. The Morgan fingerprint density at radius 3 is 2.56 bits per heavy atom. The first-order chi connectivity index (χ1) is 25.2. The number of benzene rings is 2. The lowest BCUT2D eigenvalue weighted by Gasteiger charge is -2.39. The number of para-hydroxylation sites is 1. The molecular weight excluding hydrogens is 668 g/mol. The van der Waals surface area contributed by atoms with E-state index in [1.165, 1.54) is 12.0 Å². The molecule has 2 saturated heterocycles. The molecule has 1 aromatic heterocycles. The van der Waals surface area contributed by atoms with Crippen LogP contribution in [0.2, 0.25) is 0 Å². The number of ether oxygens (including phenoxy) is 3. The summed E-state index contributed by atoms with van der Waals surface area (Å²) in [6, 6.07) is 13.8. The summed E-state index contributed by atoms with van der Waals surface area (Å²) in [7, 11) is 1.50. The molecule has 1 spiro atoms. The molecule has 0 unspecified atom stereocenters. The number of carbonyl (C=O) groups excluding carboxylic acids is 4. The van der Waals surface area contributed by atoms with Gasteiger partial charge in [0, 0.05) is 20.1 Å². The van der Waals surface area contributed by atoms with Crippen molar-refractivity contribution in [1.29, 1.82) is 0 Å². The van der Waals surface area contributed by atoms with Crippen LogP contribution >= 0.6 is 0 Å². The van der Waals surface area contributed by atoms with E-state index >= 15 is 0 Å². The van der Waals surface area contributed by atoms with Crippen molar-refractivity contribution >= 4 is 34.7 Å². The minimum absolute atomic E-state index is 0.0455. The fourth-order valence-corrected chi connectivity index (χ4v) is 8.16. The maximum atomic E-state index is 14.9. The number of methoxy groups -OCH3 is 1. The number of nitrogens with zero attached hydrogens (tertiary/aromatic N) is 5. The van der Waals surface area contributed by atoms with Gasteiger partial charge in [-0.25, -0.2) is 4.68 Å². The second-order valence-corrected chi connectivity index (χ2v) is 14.1. The predicted octanol–water partition coefficient (Wildman–Crippen LogP) is 2.15. The van der Waals surface area contributed by atoms with Gasteiger partial charge >= 0.3 is 5.97 Å². The van der Waals surface area contributed by atoms with Gasteiger partial charge in [-0.1, -0.05) is 85.8 Å². The summed E-state index contributed by atoms with van der Waals surface area (Å²) in [6.45, 7) is 3.62. The van der Waals surface area contributed by atoms with E-state index in [0.717, 1.165) is 5.52 Å². The third-order valence-corrected chi connectivity index (χ3v) is 10.6. The normalized spacial score (nSPS) is 30.6. The van der Waals surface area contributed by atoms with Gasteiger partial charge in [0.05, 0.1) is 42.8 Å². The monoisotopic (exact) mass is 712 g/mol. The Labute approximate surface area is 301 Å². The number of hydrogen-bond donors (Lipinski definition) is 2. The molecule has 52 heavy (non-hydrogen) atoms. The van der Waals surface area contributed by atoms with Crippen molar-refractivity contribution < 1.29 is 38.5 Å². The van der Waals surface area contributed by atoms with E-state index in [-0.39, 0.29) is 38.1 Å². The fraction of sp³-hybridized carbons (Fsp3) is 0.474. The topological polar surface area (TPSA) is 165 Å². The number of amides is 3.